The van der Waals surface area contributed by atoms with Crippen LogP contribution in [0.1, 0.15) is 36.2 Å². The van der Waals surface area contributed by atoms with E-state index in [1.165, 1.54) is 12.3 Å². The molecule has 1 heterocycles. The average molecular weight is 250 g/mol. The molecule has 0 bridgehead atoms. The SMILES string of the molecule is CN(CC1(O)CCCC1)c1ccnc(C(=O)O)c1. The number of pyridine rings is 1. The molecule has 0 unspecified atom stereocenters. The summed E-state index contributed by atoms with van der Waals surface area (Å²) in [5.41, 5.74) is 0.155. The number of carboxylic acids is 1. The third kappa shape index (κ3) is 2.79. The van der Waals surface area contributed by atoms with E-state index < -0.39 is 11.6 Å². The lowest BCUT2D eigenvalue weighted by Gasteiger charge is -2.30. The van der Waals surface area contributed by atoms with Crippen LogP contribution in [-0.4, -0.2) is 40.4 Å². The first kappa shape index (κ1) is 12.8. The molecule has 0 saturated heterocycles. The van der Waals surface area contributed by atoms with Gasteiger partial charge in [-0.05, 0) is 25.0 Å². The topological polar surface area (TPSA) is 73.7 Å². The van der Waals surface area contributed by atoms with Crippen LogP contribution in [0, 0.1) is 0 Å². The van der Waals surface area contributed by atoms with Gasteiger partial charge >= 0.3 is 5.97 Å². The second-order valence-electron chi connectivity index (χ2n) is 4.99. The number of hydrogen-bond acceptors (Lipinski definition) is 4. The summed E-state index contributed by atoms with van der Waals surface area (Å²) >= 11 is 0. The Labute approximate surface area is 106 Å². The maximum atomic E-state index is 10.9. The van der Waals surface area contributed by atoms with Crippen LogP contribution < -0.4 is 4.90 Å². The summed E-state index contributed by atoms with van der Waals surface area (Å²) in [4.78, 5) is 16.5. The molecule has 0 radical (unpaired) electrons. The zero-order chi connectivity index (χ0) is 13.2. The third-order valence-electron chi connectivity index (χ3n) is 3.47. The van der Waals surface area contributed by atoms with Gasteiger partial charge < -0.3 is 15.1 Å². The largest absolute Gasteiger partial charge is 0.477 e. The van der Waals surface area contributed by atoms with E-state index in [-0.39, 0.29) is 5.69 Å². The predicted octanol–water partition coefficient (Wildman–Crippen LogP) is 1.52. The number of rotatable bonds is 4. The van der Waals surface area contributed by atoms with E-state index in [1.807, 2.05) is 11.9 Å². The Bertz CT molecular complexity index is 442. The van der Waals surface area contributed by atoms with Crippen LogP contribution in [0.4, 0.5) is 5.69 Å². The van der Waals surface area contributed by atoms with Crippen LogP contribution in [0.25, 0.3) is 0 Å². The van der Waals surface area contributed by atoms with Crippen molar-refractivity contribution in [3.05, 3.63) is 24.0 Å². The predicted molar refractivity (Wildman–Crippen MR) is 67.9 cm³/mol. The first-order valence-corrected chi connectivity index (χ1v) is 6.13. The second-order valence-corrected chi connectivity index (χ2v) is 4.99. The molecule has 1 saturated carbocycles. The molecule has 0 atom stereocenters. The van der Waals surface area contributed by atoms with Gasteiger partial charge in [0.15, 0.2) is 0 Å². The van der Waals surface area contributed by atoms with Crippen LogP contribution in [0.5, 0.6) is 0 Å². The highest BCUT2D eigenvalue weighted by Crippen LogP contribution is 2.31. The van der Waals surface area contributed by atoms with E-state index in [4.69, 9.17) is 5.11 Å². The van der Waals surface area contributed by atoms with Crippen LogP contribution in [0.3, 0.4) is 0 Å². The van der Waals surface area contributed by atoms with E-state index in [0.29, 0.717) is 6.54 Å². The van der Waals surface area contributed by atoms with Crippen molar-refractivity contribution in [2.45, 2.75) is 31.3 Å². The number of carbonyl (C=O) groups is 1. The zero-order valence-corrected chi connectivity index (χ0v) is 10.5. The number of nitrogens with zero attached hydrogens (tertiary/aromatic N) is 2. The minimum atomic E-state index is -1.04. The number of hydrogen-bond donors (Lipinski definition) is 2. The van der Waals surface area contributed by atoms with Gasteiger partial charge in [-0.3, -0.25) is 0 Å². The van der Waals surface area contributed by atoms with Crippen molar-refractivity contribution < 1.29 is 15.0 Å². The van der Waals surface area contributed by atoms with E-state index in [0.717, 1.165) is 31.4 Å². The summed E-state index contributed by atoms with van der Waals surface area (Å²) < 4.78 is 0. The van der Waals surface area contributed by atoms with E-state index in [9.17, 15) is 9.90 Å². The molecular weight excluding hydrogens is 232 g/mol. The lowest BCUT2D eigenvalue weighted by Crippen LogP contribution is -2.39. The molecule has 5 nitrogen and oxygen atoms in total. The molecule has 1 aliphatic carbocycles. The molecular formula is C13H18N2O3. The zero-order valence-electron chi connectivity index (χ0n) is 10.5. The van der Waals surface area contributed by atoms with Crippen molar-refractivity contribution >= 4 is 11.7 Å². The van der Waals surface area contributed by atoms with Crippen molar-refractivity contribution in [3.8, 4) is 0 Å². The van der Waals surface area contributed by atoms with Gasteiger partial charge in [-0.15, -0.1) is 0 Å². The summed E-state index contributed by atoms with van der Waals surface area (Å²) in [6, 6.07) is 3.28. The van der Waals surface area contributed by atoms with Gasteiger partial charge in [0.05, 0.1) is 5.60 Å². The molecule has 2 rings (SSSR count). The van der Waals surface area contributed by atoms with E-state index in [1.54, 1.807) is 6.07 Å². The Morgan fingerprint density at radius 1 is 1.50 bits per heavy atom. The molecule has 0 amide bonds. The first-order valence-electron chi connectivity index (χ1n) is 6.13. The Morgan fingerprint density at radius 2 is 2.17 bits per heavy atom. The quantitative estimate of drug-likeness (QED) is 0.847. The van der Waals surface area contributed by atoms with Gasteiger partial charge in [-0.1, -0.05) is 12.8 Å². The Kier molecular flexibility index (Phi) is 3.52. The second kappa shape index (κ2) is 4.94. The monoisotopic (exact) mass is 250 g/mol. The van der Waals surface area contributed by atoms with Crippen LogP contribution >= 0.6 is 0 Å². The van der Waals surface area contributed by atoms with Gasteiger partial charge in [0.2, 0.25) is 0 Å². The van der Waals surface area contributed by atoms with Gasteiger partial charge in [-0.25, -0.2) is 9.78 Å². The molecule has 2 N–H and O–H groups in total. The van der Waals surface area contributed by atoms with Crippen molar-refractivity contribution in [2.24, 2.45) is 0 Å². The van der Waals surface area contributed by atoms with Crippen molar-refractivity contribution in [1.82, 2.24) is 4.98 Å². The molecule has 0 spiro atoms. The van der Waals surface area contributed by atoms with Crippen LogP contribution in [0.15, 0.2) is 18.3 Å². The van der Waals surface area contributed by atoms with Crippen molar-refractivity contribution in [2.75, 3.05) is 18.5 Å². The number of carboxylic acid groups (broad SMARTS) is 1. The van der Waals surface area contributed by atoms with Gasteiger partial charge in [-0.2, -0.15) is 0 Å². The molecule has 0 aromatic carbocycles. The Hall–Kier alpha value is -1.62. The number of aliphatic hydroxyl groups is 1. The van der Waals surface area contributed by atoms with Gasteiger partial charge in [0.25, 0.3) is 0 Å². The number of aromatic carboxylic acids is 1. The lowest BCUT2D eigenvalue weighted by atomic mass is 10.0. The lowest BCUT2D eigenvalue weighted by molar-refractivity contribution is 0.0559. The molecule has 18 heavy (non-hydrogen) atoms. The van der Waals surface area contributed by atoms with Gasteiger partial charge in [0, 0.05) is 25.5 Å². The highest BCUT2D eigenvalue weighted by molar-refractivity contribution is 5.86. The summed E-state index contributed by atoms with van der Waals surface area (Å²) in [5, 5.41) is 19.2. The normalized spacial score (nSPS) is 17.7. The standard InChI is InChI=1S/C13H18N2O3/c1-15(9-13(18)5-2-3-6-13)10-4-7-14-11(8-10)12(16)17/h4,7-8,18H,2-3,5-6,9H2,1H3,(H,16,17). The summed E-state index contributed by atoms with van der Waals surface area (Å²) in [7, 11) is 1.86. The highest BCUT2D eigenvalue weighted by atomic mass is 16.4. The molecule has 1 aromatic rings. The minimum Gasteiger partial charge on any atom is -0.477 e. The van der Waals surface area contributed by atoms with E-state index >= 15 is 0 Å². The number of anilines is 1. The Balaban J connectivity index is 2.10. The van der Waals surface area contributed by atoms with Crippen LogP contribution in [-0.2, 0) is 0 Å². The van der Waals surface area contributed by atoms with Crippen molar-refractivity contribution in [3.63, 3.8) is 0 Å². The summed E-state index contributed by atoms with van der Waals surface area (Å²) in [6.45, 7) is 0.524. The molecule has 1 aliphatic rings. The third-order valence-corrected chi connectivity index (χ3v) is 3.47. The number of likely N-dealkylation sites (N-methyl/N-ethyl adjacent to an activating group) is 1. The maximum Gasteiger partial charge on any atom is 0.354 e. The Morgan fingerprint density at radius 3 is 2.78 bits per heavy atom. The molecule has 0 aliphatic heterocycles. The maximum absolute atomic E-state index is 10.9. The summed E-state index contributed by atoms with van der Waals surface area (Å²) in [6.07, 6.45) is 5.22. The fourth-order valence-corrected chi connectivity index (χ4v) is 2.50. The summed E-state index contributed by atoms with van der Waals surface area (Å²) in [5.74, 6) is -1.04. The van der Waals surface area contributed by atoms with Crippen LogP contribution in [0.2, 0.25) is 0 Å². The first-order chi connectivity index (χ1) is 8.50. The molecule has 98 valence electrons. The molecule has 5 heteroatoms. The highest BCUT2D eigenvalue weighted by Gasteiger charge is 2.32. The molecule has 1 aromatic heterocycles. The fraction of sp³-hybridized carbons (Fsp3) is 0.538. The average Bonchev–Trinajstić information content (AvgIpc) is 2.76. The minimum absolute atomic E-state index is 0.0257. The molecule has 1 fully saturated rings. The van der Waals surface area contributed by atoms with Crippen molar-refractivity contribution in [1.29, 1.82) is 0 Å². The van der Waals surface area contributed by atoms with Gasteiger partial charge in [0.1, 0.15) is 5.69 Å². The van der Waals surface area contributed by atoms with E-state index in [2.05, 4.69) is 4.98 Å². The fourth-order valence-electron chi connectivity index (χ4n) is 2.50. The number of aromatic nitrogens is 1. The smallest absolute Gasteiger partial charge is 0.354 e.